The summed E-state index contributed by atoms with van der Waals surface area (Å²) in [5.74, 6) is 0.988. The lowest BCUT2D eigenvalue weighted by molar-refractivity contribution is 0.101. The van der Waals surface area contributed by atoms with Gasteiger partial charge in [-0.25, -0.2) is 0 Å². The van der Waals surface area contributed by atoms with E-state index in [1.807, 2.05) is 12.1 Å². The molecule has 0 aromatic carbocycles. The van der Waals surface area contributed by atoms with Gasteiger partial charge >= 0.3 is 0 Å². The van der Waals surface area contributed by atoms with E-state index >= 15 is 0 Å². The molecule has 1 heterocycles. The average molecular weight is 194 g/mol. The summed E-state index contributed by atoms with van der Waals surface area (Å²) in [6, 6.07) is 4.88. The van der Waals surface area contributed by atoms with Crippen LogP contribution >= 0.6 is 0 Å². The Morgan fingerprint density at radius 2 is 2.43 bits per heavy atom. The van der Waals surface area contributed by atoms with Crippen molar-refractivity contribution in [1.29, 1.82) is 0 Å². The molecule has 1 atom stereocenters. The predicted octanol–water partition coefficient (Wildman–Crippen LogP) is 1.76. The molecule has 0 aliphatic heterocycles. The first-order chi connectivity index (χ1) is 6.83. The second-order valence-corrected chi connectivity index (χ2v) is 4.02. The van der Waals surface area contributed by atoms with Crippen LogP contribution in [-0.4, -0.2) is 24.5 Å². The van der Waals surface area contributed by atoms with Crippen molar-refractivity contribution >= 4 is 0 Å². The van der Waals surface area contributed by atoms with Crippen LogP contribution in [0.25, 0.3) is 0 Å². The highest BCUT2D eigenvalue weighted by atomic mass is 16.3. The van der Waals surface area contributed by atoms with Gasteiger partial charge in [-0.2, -0.15) is 0 Å². The van der Waals surface area contributed by atoms with Crippen molar-refractivity contribution < 1.29 is 4.42 Å². The molecule has 78 valence electrons. The molecule has 1 aliphatic carbocycles. The fraction of sp³-hybridized carbons (Fsp3) is 0.636. The van der Waals surface area contributed by atoms with Crippen molar-refractivity contribution in [3.05, 3.63) is 24.2 Å². The Morgan fingerprint density at radius 3 is 2.86 bits per heavy atom. The Morgan fingerprint density at radius 1 is 1.64 bits per heavy atom. The third-order valence-electron chi connectivity index (χ3n) is 3.24. The normalized spacial score (nSPS) is 19.6. The van der Waals surface area contributed by atoms with E-state index in [1.54, 1.807) is 6.26 Å². The minimum absolute atomic E-state index is 0.246. The average Bonchev–Trinajstić information content (AvgIpc) is 2.55. The number of furan rings is 1. The molecular weight excluding hydrogens is 176 g/mol. The molecule has 1 aromatic heterocycles. The molecule has 3 nitrogen and oxygen atoms in total. The molecule has 0 spiro atoms. The first kappa shape index (κ1) is 9.74. The van der Waals surface area contributed by atoms with Gasteiger partial charge in [-0.05, 0) is 32.0 Å². The number of hydrogen-bond acceptors (Lipinski definition) is 3. The fourth-order valence-corrected chi connectivity index (χ4v) is 2.01. The highest BCUT2D eigenvalue weighted by Gasteiger charge is 2.28. The molecule has 2 N–H and O–H groups in total. The van der Waals surface area contributed by atoms with Crippen LogP contribution < -0.4 is 5.73 Å². The van der Waals surface area contributed by atoms with Crippen LogP contribution in [0.1, 0.15) is 31.1 Å². The molecule has 0 saturated heterocycles. The zero-order valence-corrected chi connectivity index (χ0v) is 8.65. The molecule has 1 aliphatic rings. The number of nitrogens with zero attached hydrogens (tertiary/aromatic N) is 1. The quantitative estimate of drug-likeness (QED) is 0.794. The number of rotatable bonds is 4. The summed E-state index contributed by atoms with van der Waals surface area (Å²) >= 11 is 0. The largest absolute Gasteiger partial charge is 0.468 e. The van der Waals surface area contributed by atoms with Gasteiger partial charge in [0, 0.05) is 12.6 Å². The van der Waals surface area contributed by atoms with E-state index in [0.717, 1.165) is 5.76 Å². The smallest absolute Gasteiger partial charge is 0.122 e. The second-order valence-electron chi connectivity index (χ2n) is 4.02. The van der Waals surface area contributed by atoms with Crippen LogP contribution in [0.15, 0.2) is 22.8 Å². The van der Waals surface area contributed by atoms with Gasteiger partial charge in [-0.1, -0.05) is 6.42 Å². The topological polar surface area (TPSA) is 42.4 Å². The lowest BCUT2D eigenvalue weighted by Gasteiger charge is -2.38. The molecule has 0 radical (unpaired) electrons. The van der Waals surface area contributed by atoms with E-state index in [4.69, 9.17) is 10.2 Å². The maximum atomic E-state index is 5.78. The minimum Gasteiger partial charge on any atom is -0.468 e. The maximum Gasteiger partial charge on any atom is 0.122 e. The zero-order chi connectivity index (χ0) is 9.97. The number of nitrogens with two attached hydrogens (primary N) is 1. The molecule has 1 aromatic rings. The number of hydrogen-bond donors (Lipinski definition) is 1. The molecule has 1 saturated carbocycles. The van der Waals surface area contributed by atoms with Crippen molar-refractivity contribution in [1.82, 2.24) is 4.90 Å². The molecule has 0 amide bonds. The van der Waals surface area contributed by atoms with Crippen molar-refractivity contribution in [2.45, 2.75) is 31.3 Å². The molecular formula is C11H18N2O. The SMILES string of the molecule is CN(C1CCC1)C(CN)c1ccco1. The molecule has 1 fully saturated rings. The first-order valence-electron chi connectivity index (χ1n) is 5.28. The summed E-state index contributed by atoms with van der Waals surface area (Å²) in [6.07, 6.45) is 5.67. The Kier molecular flexibility index (Phi) is 2.89. The van der Waals surface area contributed by atoms with Gasteiger partial charge in [0.15, 0.2) is 0 Å². The van der Waals surface area contributed by atoms with Crippen molar-refractivity contribution in [2.24, 2.45) is 5.73 Å². The van der Waals surface area contributed by atoms with E-state index in [9.17, 15) is 0 Å². The fourth-order valence-electron chi connectivity index (χ4n) is 2.01. The lowest BCUT2D eigenvalue weighted by Crippen LogP contribution is -2.42. The van der Waals surface area contributed by atoms with E-state index in [0.29, 0.717) is 12.6 Å². The molecule has 1 unspecified atom stereocenters. The summed E-state index contributed by atoms with van der Waals surface area (Å²) in [5, 5.41) is 0. The Labute approximate surface area is 84.9 Å². The Hall–Kier alpha value is -0.800. The molecule has 14 heavy (non-hydrogen) atoms. The van der Waals surface area contributed by atoms with E-state index in [1.165, 1.54) is 19.3 Å². The van der Waals surface area contributed by atoms with Crippen LogP contribution in [0.5, 0.6) is 0 Å². The van der Waals surface area contributed by atoms with Crippen LogP contribution in [-0.2, 0) is 0 Å². The summed E-state index contributed by atoms with van der Waals surface area (Å²) in [7, 11) is 2.14. The summed E-state index contributed by atoms with van der Waals surface area (Å²) < 4.78 is 5.40. The van der Waals surface area contributed by atoms with Crippen molar-refractivity contribution in [3.8, 4) is 0 Å². The van der Waals surface area contributed by atoms with Gasteiger partial charge in [-0.3, -0.25) is 4.90 Å². The third kappa shape index (κ3) is 1.70. The van der Waals surface area contributed by atoms with Gasteiger partial charge in [0.2, 0.25) is 0 Å². The lowest BCUT2D eigenvalue weighted by atomic mass is 9.90. The van der Waals surface area contributed by atoms with Crippen LogP contribution in [0, 0.1) is 0 Å². The van der Waals surface area contributed by atoms with Crippen LogP contribution in [0.2, 0.25) is 0 Å². The maximum absolute atomic E-state index is 5.78. The zero-order valence-electron chi connectivity index (χ0n) is 8.65. The van der Waals surface area contributed by atoms with Gasteiger partial charge in [0.05, 0.1) is 12.3 Å². The summed E-state index contributed by atoms with van der Waals surface area (Å²) in [4.78, 5) is 2.35. The van der Waals surface area contributed by atoms with Crippen molar-refractivity contribution in [2.75, 3.05) is 13.6 Å². The van der Waals surface area contributed by atoms with E-state index in [-0.39, 0.29) is 6.04 Å². The molecule has 2 rings (SSSR count). The second kappa shape index (κ2) is 4.15. The monoisotopic (exact) mass is 194 g/mol. The van der Waals surface area contributed by atoms with E-state index < -0.39 is 0 Å². The van der Waals surface area contributed by atoms with Gasteiger partial charge < -0.3 is 10.2 Å². The Bertz CT molecular complexity index is 267. The Balaban J connectivity index is 2.04. The van der Waals surface area contributed by atoms with E-state index in [2.05, 4.69) is 11.9 Å². The highest BCUT2D eigenvalue weighted by Crippen LogP contribution is 2.30. The van der Waals surface area contributed by atoms with Gasteiger partial charge in [0.25, 0.3) is 0 Å². The molecule has 0 bridgehead atoms. The standard InChI is InChI=1S/C11H18N2O/c1-13(9-4-2-5-9)10(8-12)11-6-3-7-14-11/h3,6-7,9-10H,2,4-5,8,12H2,1H3. The van der Waals surface area contributed by atoms with Crippen LogP contribution in [0.3, 0.4) is 0 Å². The number of likely N-dealkylation sites (N-methyl/N-ethyl adjacent to an activating group) is 1. The first-order valence-corrected chi connectivity index (χ1v) is 5.28. The molecule has 3 heteroatoms. The van der Waals surface area contributed by atoms with Gasteiger partial charge in [0.1, 0.15) is 5.76 Å². The third-order valence-corrected chi connectivity index (χ3v) is 3.24. The highest BCUT2D eigenvalue weighted by molar-refractivity contribution is 5.06. The van der Waals surface area contributed by atoms with Gasteiger partial charge in [-0.15, -0.1) is 0 Å². The van der Waals surface area contributed by atoms with Crippen LogP contribution in [0.4, 0.5) is 0 Å². The predicted molar refractivity (Wildman–Crippen MR) is 55.9 cm³/mol. The minimum atomic E-state index is 0.246. The summed E-state index contributed by atoms with van der Waals surface area (Å²) in [5.41, 5.74) is 5.78. The summed E-state index contributed by atoms with van der Waals surface area (Å²) in [6.45, 7) is 0.626. The van der Waals surface area contributed by atoms with Crippen molar-refractivity contribution in [3.63, 3.8) is 0 Å².